The fourth-order valence-corrected chi connectivity index (χ4v) is 2.01. The van der Waals surface area contributed by atoms with E-state index in [9.17, 15) is 0 Å². The molecule has 1 unspecified atom stereocenters. The Bertz CT molecular complexity index is 342. The van der Waals surface area contributed by atoms with E-state index in [1.54, 1.807) is 24.0 Å². The molecule has 1 aromatic rings. The van der Waals surface area contributed by atoms with E-state index in [4.69, 9.17) is 17.3 Å². The van der Waals surface area contributed by atoms with Gasteiger partial charge in [-0.1, -0.05) is 29.4 Å². The minimum atomic E-state index is 0. The van der Waals surface area contributed by atoms with Crippen LogP contribution in [0.25, 0.3) is 0 Å². The fraction of sp³-hybridized carbons (Fsp3) is 0.222. The lowest BCUT2D eigenvalue weighted by atomic mass is 10.3. The number of nitrogens with two attached hydrogens (primary N) is 1. The first-order chi connectivity index (χ1) is 6.75. The van der Waals surface area contributed by atoms with Gasteiger partial charge < -0.3 is 10.6 Å². The summed E-state index contributed by atoms with van der Waals surface area (Å²) in [4.78, 5) is 6.06. The Morgan fingerprint density at radius 2 is 2.33 bits per heavy atom. The van der Waals surface area contributed by atoms with Crippen molar-refractivity contribution in [1.29, 1.82) is 0 Å². The zero-order chi connectivity index (χ0) is 9.97. The normalized spacial score (nSPS) is 19.1. The number of pyridine rings is 1. The van der Waals surface area contributed by atoms with Crippen LogP contribution in [-0.2, 0) is 6.54 Å². The summed E-state index contributed by atoms with van der Waals surface area (Å²) >= 11 is 7.29. The molecule has 3 nitrogen and oxygen atoms in total. The predicted octanol–water partition coefficient (Wildman–Crippen LogP) is 2.42. The highest BCUT2D eigenvalue weighted by Gasteiger charge is 2.14. The third-order valence-corrected chi connectivity index (χ3v) is 3.00. The zero-order valence-electron chi connectivity index (χ0n) is 7.84. The van der Waals surface area contributed by atoms with E-state index < -0.39 is 0 Å². The van der Waals surface area contributed by atoms with Gasteiger partial charge in [-0.3, -0.25) is 0 Å². The highest BCUT2D eigenvalue weighted by Crippen LogP contribution is 2.22. The second-order valence-electron chi connectivity index (χ2n) is 2.97. The van der Waals surface area contributed by atoms with Gasteiger partial charge in [-0.15, -0.1) is 12.4 Å². The summed E-state index contributed by atoms with van der Waals surface area (Å²) in [7, 11) is 0. The minimum absolute atomic E-state index is 0. The van der Waals surface area contributed by atoms with Crippen molar-refractivity contribution in [2.75, 3.05) is 0 Å². The topological polar surface area (TPSA) is 42.1 Å². The van der Waals surface area contributed by atoms with Crippen LogP contribution in [-0.4, -0.2) is 15.4 Å². The molecule has 0 saturated carbocycles. The number of hydrogen-bond acceptors (Lipinski definition) is 4. The van der Waals surface area contributed by atoms with Gasteiger partial charge >= 0.3 is 0 Å². The van der Waals surface area contributed by atoms with Gasteiger partial charge in [0.1, 0.15) is 10.7 Å². The molecule has 0 spiro atoms. The van der Waals surface area contributed by atoms with Crippen molar-refractivity contribution >= 4 is 35.8 Å². The van der Waals surface area contributed by atoms with Crippen LogP contribution in [0.1, 0.15) is 5.56 Å². The lowest BCUT2D eigenvalue weighted by molar-refractivity contribution is 0.359. The summed E-state index contributed by atoms with van der Waals surface area (Å²) in [5.74, 6) is 0. The number of rotatable bonds is 2. The fourth-order valence-electron chi connectivity index (χ4n) is 1.21. The first kappa shape index (κ1) is 12.6. The molecule has 1 aliphatic rings. The maximum absolute atomic E-state index is 5.84. The van der Waals surface area contributed by atoms with Crippen molar-refractivity contribution in [3.05, 3.63) is 40.7 Å². The molecule has 1 atom stereocenters. The smallest absolute Gasteiger partial charge is 0.129 e. The number of thioether (sulfide) groups is 1. The summed E-state index contributed by atoms with van der Waals surface area (Å²) in [6, 6.07) is 3.74. The number of nitrogens with zero attached hydrogens (tertiary/aromatic N) is 2. The standard InChI is InChI=1S/C9H10ClN3S.ClH/c10-8-2-1-7(5-12-8)6-13-3-4-14-9(13)11;/h1-5,9H,6,11H2;1H. The van der Waals surface area contributed by atoms with Crippen LogP contribution >= 0.6 is 35.8 Å². The van der Waals surface area contributed by atoms with Crippen molar-refractivity contribution < 1.29 is 0 Å². The first-order valence-electron chi connectivity index (χ1n) is 4.19. The maximum Gasteiger partial charge on any atom is 0.129 e. The summed E-state index contributed by atoms with van der Waals surface area (Å²) in [5.41, 5.74) is 6.96. The average molecular weight is 264 g/mol. The van der Waals surface area contributed by atoms with E-state index in [1.165, 1.54) is 0 Å². The Morgan fingerprint density at radius 1 is 1.53 bits per heavy atom. The van der Waals surface area contributed by atoms with Gasteiger partial charge in [0.25, 0.3) is 0 Å². The van der Waals surface area contributed by atoms with Gasteiger partial charge in [0, 0.05) is 18.9 Å². The van der Waals surface area contributed by atoms with E-state index in [-0.39, 0.29) is 17.9 Å². The summed E-state index contributed by atoms with van der Waals surface area (Å²) in [6.07, 6.45) is 3.76. The second-order valence-corrected chi connectivity index (χ2v) is 4.39. The molecule has 6 heteroatoms. The van der Waals surface area contributed by atoms with Gasteiger partial charge in [-0.25, -0.2) is 4.98 Å². The monoisotopic (exact) mass is 263 g/mol. The van der Waals surface area contributed by atoms with Crippen LogP contribution in [0.5, 0.6) is 0 Å². The maximum atomic E-state index is 5.84. The molecule has 0 aliphatic carbocycles. The van der Waals surface area contributed by atoms with Crippen LogP contribution in [0.15, 0.2) is 29.9 Å². The Kier molecular flexibility index (Phi) is 4.73. The Hall–Kier alpha value is -0.420. The molecule has 2 rings (SSSR count). The molecule has 0 amide bonds. The summed E-state index contributed by atoms with van der Waals surface area (Å²) < 4.78 is 0. The number of hydrogen-bond donors (Lipinski definition) is 1. The Labute approximate surface area is 104 Å². The lowest BCUT2D eigenvalue weighted by Gasteiger charge is -2.20. The quantitative estimate of drug-likeness (QED) is 0.833. The van der Waals surface area contributed by atoms with Crippen molar-refractivity contribution in [3.8, 4) is 0 Å². The van der Waals surface area contributed by atoms with E-state index in [0.717, 1.165) is 12.1 Å². The molecule has 1 aliphatic heterocycles. The summed E-state index contributed by atoms with van der Waals surface area (Å²) in [5, 5.41) is 2.51. The highest BCUT2D eigenvalue weighted by atomic mass is 35.5. The molecule has 15 heavy (non-hydrogen) atoms. The molecule has 0 fully saturated rings. The molecule has 2 N–H and O–H groups in total. The van der Waals surface area contributed by atoms with Gasteiger partial charge in [0.05, 0.1) is 0 Å². The molecular formula is C9H11Cl2N3S. The highest BCUT2D eigenvalue weighted by molar-refractivity contribution is 8.02. The van der Waals surface area contributed by atoms with Crippen molar-refractivity contribution in [2.24, 2.45) is 5.73 Å². The molecule has 82 valence electrons. The minimum Gasteiger partial charge on any atom is -0.349 e. The third-order valence-electron chi connectivity index (χ3n) is 1.95. The van der Waals surface area contributed by atoms with Crippen LogP contribution in [0.3, 0.4) is 0 Å². The molecular weight excluding hydrogens is 253 g/mol. The Balaban J connectivity index is 0.00000112. The predicted molar refractivity (Wildman–Crippen MR) is 66.7 cm³/mol. The van der Waals surface area contributed by atoms with Crippen LogP contribution < -0.4 is 5.73 Å². The van der Waals surface area contributed by atoms with Gasteiger partial charge in [-0.2, -0.15) is 0 Å². The van der Waals surface area contributed by atoms with Crippen molar-refractivity contribution in [2.45, 2.75) is 12.0 Å². The average Bonchev–Trinajstić information content (AvgIpc) is 2.56. The van der Waals surface area contributed by atoms with E-state index in [0.29, 0.717) is 5.15 Å². The van der Waals surface area contributed by atoms with Crippen molar-refractivity contribution in [3.63, 3.8) is 0 Å². The second kappa shape index (κ2) is 5.61. The van der Waals surface area contributed by atoms with Gasteiger partial charge in [0.2, 0.25) is 0 Å². The number of aromatic nitrogens is 1. The molecule has 1 aromatic heterocycles. The molecule has 0 radical (unpaired) electrons. The van der Waals surface area contributed by atoms with Gasteiger partial charge in [-0.05, 0) is 17.0 Å². The van der Waals surface area contributed by atoms with Crippen LogP contribution in [0.2, 0.25) is 5.15 Å². The lowest BCUT2D eigenvalue weighted by Crippen LogP contribution is -2.31. The summed E-state index contributed by atoms with van der Waals surface area (Å²) in [6.45, 7) is 0.773. The largest absolute Gasteiger partial charge is 0.349 e. The molecule has 0 aromatic carbocycles. The zero-order valence-corrected chi connectivity index (χ0v) is 10.2. The third kappa shape index (κ3) is 3.28. The van der Waals surface area contributed by atoms with Crippen LogP contribution in [0.4, 0.5) is 0 Å². The molecule has 0 saturated heterocycles. The van der Waals surface area contributed by atoms with E-state index in [2.05, 4.69) is 9.88 Å². The molecule has 0 bridgehead atoms. The van der Waals surface area contributed by atoms with Crippen LogP contribution in [0, 0.1) is 0 Å². The van der Waals surface area contributed by atoms with Crippen molar-refractivity contribution in [1.82, 2.24) is 9.88 Å². The Morgan fingerprint density at radius 3 is 2.87 bits per heavy atom. The SMILES string of the molecule is Cl.NC1SC=CN1Cc1ccc(Cl)nc1. The number of halogens is 2. The van der Waals surface area contributed by atoms with E-state index in [1.807, 2.05) is 17.7 Å². The van der Waals surface area contributed by atoms with Gasteiger partial charge in [0.15, 0.2) is 0 Å². The first-order valence-corrected chi connectivity index (χ1v) is 5.52. The molecule has 2 heterocycles. The van der Waals surface area contributed by atoms with E-state index >= 15 is 0 Å².